The van der Waals surface area contributed by atoms with Gasteiger partial charge in [-0.25, -0.2) is 0 Å². The lowest BCUT2D eigenvalue weighted by molar-refractivity contribution is 0.306. The molecule has 0 amide bonds. The quantitative estimate of drug-likeness (QED) is 0.103. The third-order valence-corrected chi connectivity index (χ3v) is 11.4. The van der Waals surface area contributed by atoms with Crippen LogP contribution in [0.2, 0.25) is 0 Å². The Balaban J connectivity index is 1.07. The van der Waals surface area contributed by atoms with Gasteiger partial charge in [-0.1, -0.05) is 107 Å². The smallest absolute Gasteiger partial charge is 0.120 e. The second kappa shape index (κ2) is 15.8. The molecule has 0 fully saturated rings. The summed E-state index contributed by atoms with van der Waals surface area (Å²) in [6, 6.07) is 32.9. The lowest BCUT2D eigenvalue weighted by atomic mass is 10.0. The predicted octanol–water partition coefficient (Wildman–Crippen LogP) is 13.6. The van der Waals surface area contributed by atoms with E-state index in [1.807, 2.05) is 22.7 Å². The van der Waals surface area contributed by atoms with Gasteiger partial charge in [0.2, 0.25) is 0 Å². The standard InChI is InChI=1S/C47H42OS2/c1-4-7-9-10-12-33-17-23-40-41-25-19-36(31-45(41)49-44(40)29-33)16-21-38-20-15-34(28-37(38)6-3)13-14-35-18-24-42-43-26-22-39(48-27-11-8-5-2)32-47(43)50-46(42)30-35/h10,12,15,17-20,22-26,28-32H,4-9,11,27H2,1-3H3. The van der Waals surface area contributed by atoms with Crippen LogP contribution in [0.5, 0.6) is 5.75 Å². The van der Waals surface area contributed by atoms with Crippen molar-refractivity contribution < 1.29 is 4.74 Å². The summed E-state index contributed by atoms with van der Waals surface area (Å²) >= 11 is 3.66. The highest BCUT2D eigenvalue weighted by atomic mass is 32.1. The average molecular weight is 687 g/mol. The van der Waals surface area contributed by atoms with Gasteiger partial charge in [0.1, 0.15) is 5.75 Å². The van der Waals surface area contributed by atoms with Gasteiger partial charge in [-0.15, -0.1) is 22.7 Å². The van der Waals surface area contributed by atoms with Crippen LogP contribution in [-0.4, -0.2) is 6.61 Å². The summed E-state index contributed by atoms with van der Waals surface area (Å²) in [5, 5.41) is 5.17. The number of aryl methyl sites for hydroxylation is 1. The first-order valence-electron chi connectivity index (χ1n) is 18.0. The third kappa shape index (κ3) is 7.66. The minimum atomic E-state index is 0.777. The molecule has 1 nitrogen and oxygen atoms in total. The van der Waals surface area contributed by atoms with Crippen LogP contribution in [0, 0.1) is 23.7 Å². The normalized spacial score (nSPS) is 11.3. The second-order valence-electron chi connectivity index (χ2n) is 12.9. The fourth-order valence-corrected chi connectivity index (χ4v) is 8.72. The van der Waals surface area contributed by atoms with Gasteiger partial charge in [0.25, 0.3) is 0 Å². The number of fused-ring (bicyclic) bond motifs is 6. The highest BCUT2D eigenvalue weighted by molar-refractivity contribution is 7.26. The van der Waals surface area contributed by atoms with E-state index >= 15 is 0 Å². The zero-order valence-electron chi connectivity index (χ0n) is 29.2. The fourth-order valence-electron chi connectivity index (χ4n) is 6.35. The molecule has 248 valence electrons. The first-order chi connectivity index (χ1) is 24.6. The zero-order valence-corrected chi connectivity index (χ0v) is 30.8. The molecule has 2 aromatic heterocycles. The van der Waals surface area contributed by atoms with Gasteiger partial charge in [-0.3, -0.25) is 0 Å². The van der Waals surface area contributed by atoms with Crippen LogP contribution in [0.4, 0.5) is 0 Å². The number of hydrogen-bond acceptors (Lipinski definition) is 3. The van der Waals surface area contributed by atoms with Gasteiger partial charge >= 0.3 is 0 Å². The first kappa shape index (κ1) is 33.7. The van der Waals surface area contributed by atoms with Crippen LogP contribution in [-0.2, 0) is 6.42 Å². The van der Waals surface area contributed by atoms with Crippen LogP contribution in [0.25, 0.3) is 46.4 Å². The van der Waals surface area contributed by atoms with Crippen LogP contribution < -0.4 is 4.74 Å². The topological polar surface area (TPSA) is 9.23 Å². The van der Waals surface area contributed by atoms with Gasteiger partial charge in [0.15, 0.2) is 0 Å². The van der Waals surface area contributed by atoms with Gasteiger partial charge < -0.3 is 4.74 Å². The van der Waals surface area contributed by atoms with Crippen molar-refractivity contribution in [1.82, 2.24) is 0 Å². The van der Waals surface area contributed by atoms with E-state index in [9.17, 15) is 0 Å². The molecule has 2 heterocycles. The molecule has 0 aliphatic heterocycles. The highest BCUT2D eigenvalue weighted by Gasteiger charge is 2.08. The molecule has 5 aromatic carbocycles. The van der Waals surface area contributed by atoms with E-state index in [-0.39, 0.29) is 0 Å². The number of rotatable bonds is 10. The minimum Gasteiger partial charge on any atom is -0.494 e. The zero-order chi connectivity index (χ0) is 34.3. The van der Waals surface area contributed by atoms with Gasteiger partial charge in [-0.05, 0) is 97.1 Å². The van der Waals surface area contributed by atoms with Gasteiger partial charge in [-0.2, -0.15) is 0 Å². The SMILES string of the molecule is CCCCC=Cc1ccc2c(c1)sc1cc(C#Cc3ccc(C#Cc4ccc5c(c4)sc4cc(OCCCCC)ccc45)cc3CC)ccc12. The van der Waals surface area contributed by atoms with Crippen LogP contribution >= 0.6 is 22.7 Å². The molecule has 0 bridgehead atoms. The Morgan fingerprint density at radius 1 is 0.560 bits per heavy atom. The van der Waals surface area contributed by atoms with Crippen LogP contribution in [0.1, 0.15) is 92.7 Å². The van der Waals surface area contributed by atoms with Crippen molar-refractivity contribution in [3.05, 3.63) is 130 Å². The van der Waals surface area contributed by atoms with Crippen LogP contribution in [0.3, 0.4) is 0 Å². The van der Waals surface area contributed by atoms with Crippen molar-refractivity contribution in [2.75, 3.05) is 6.61 Å². The molecule has 50 heavy (non-hydrogen) atoms. The number of unbranched alkanes of at least 4 members (excludes halogenated alkanes) is 4. The predicted molar refractivity (Wildman–Crippen MR) is 220 cm³/mol. The molecule has 3 heteroatoms. The monoisotopic (exact) mass is 686 g/mol. The number of thiophene rings is 2. The first-order valence-corrected chi connectivity index (χ1v) is 19.6. The lowest BCUT2D eigenvalue weighted by Crippen LogP contribution is -1.96. The molecule has 7 aromatic rings. The van der Waals surface area contributed by atoms with Crippen molar-refractivity contribution in [1.29, 1.82) is 0 Å². The Kier molecular flexibility index (Phi) is 10.7. The maximum absolute atomic E-state index is 6.01. The van der Waals surface area contributed by atoms with Gasteiger partial charge in [0, 0.05) is 62.6 Å². The Morgan fingerprint density at radius 3 is 1.82 bits per heavy atom. The Hall–Kier alpha value is -4.80. The van der Waals surface area contributed by atoms with E-state index in [2.05, 4.69) is 148 Å². The molecule has 0 saturated heterocycles. The summed E-state index contributed by atoms with van der Waals surface area (Å²) in [6.45, 7) is 7.42. The van der Waals surface area contributed by atoms with Crippen molar-refractivity contribution in [3.8, 4) is 29.4 Å². The summed E-state index contributed by atoms with van der Waals surface area (Å²) in [6.07, 6.45) is 12.6. The second-order valence-corrected chi connectivity index (χ2v) is 15.0. The number of hydrogen-bond donors (Lipinski definition) is 0. The maximum atomic E-state index is 6.01. The van der Waals surface area contributed by atoms with E-state index in [0.29, 0.717) is 0 Å². The molecular formula is C47H42OS2. The third-order valence-electron chi connectivity index (χ3n) is 9.17. The van der Waals surface area contributed by atoms with Crippen molar-refractivity contribution in [2.24, 2.45) is 0 Å². The maximum Gasteiger partial charge on any atom is 0.120 e. The van der Waals surface area contributed by atoms with Crippen LogP contribution in [0.15, 0.2) is 97.1 Å². The summed E-state index contributed by atoms with van der Waals surface area (Å²) < 4.78 is 11.1. The van der Waals surface area contributed by atoms with Crippen molar-refractivity contribution in [3.63, 3.8) is 0 Å². The fraction of sp³-hybridized carbons (Fsp3) is 0.234. The van der Waals surface area contributed by atoms with Crippen molar-refractivity contribution >= 4 is 69.1 Å². The highest BCUT2D eigenvalue weighted by Crippen LogP contribution is 2.37. The summed E-state index contributed by atoms with van der Waals surface area (Å²) in [5.74, 6) is 14.7. The molecule has 0 unspecified atom stereocenters. The minimum absolute atomic E-state index is 0.777. The van der Waals surface area contributed by atoms with E-state index in [1.54, 1.807) is 0 Å². The Morgan fingerprint density at radius 2 is 1.14 bits per heavy atom. The molecule has 0 spiro atoms. The molecule has 7 rings (SSSR count). The number of ether oxygens (including phenoxy) is 1. The summed E-state index contributed by atoms with van der Waals surface area (Å²) in [5.41, 5.74) is 6.64. The lowest BCUT2D eigenvalue weighted by Gasteiger charge is -2.05. The molecule has 0 aliphatic carbocycles. The molecule has 0 radical (unpaired) electrons. The molecule has 0 saturated carbocycles. The largest absolute Gasteiger partial charge is 0.494 e. The molecule has 0 aliphatic rings. The summed E-state index contributed by atoms with van der Waals surface area (Å²) in [7, 11) is 0. The van der Waals surface area contributed by atoms with E-state index in [4.69, 9.17) is 4.74 Å². The summed E-state index contributed by atoms with van der Waals surface area (Å²) in [4.78, 5) is 0. The molecular weight excluding hydrogens is 645 g/mol. The molecule has 0 atom stereocenters. The average Bonchev–Trinajstić information content (AvgIpc) is 3.70. The van der Waals surface area contributed by atoms with Crippen molar-refractivity contribution in [2.45, 2.75) is 65.7 Å². The Labute approximate surface area is 304 Å². The van der Waals surface area contributed by atoms with E-state index in [0.717, 1.165) is 53.9 Å². The number of benzene rings is 5. The Bertz CT molecular complexity index is 2470. The van der Waals surface area contributed by atoms with E-state index < -0.39 is 0 Å². The number of allylic oxidation sites excluding steroid dienone is 1. The van der Waals surface area contributed by atoms with Gasteiger partial charge in [0.05, 0.1) is 6.61 Å². The van der Waals surface area contributed by atoms with E-state index in [1.165, 1.54) is 77.2 Å². The molecule has 0 N–H and O–H groups in total.